The van der Waals surface area contributed by atoms with Crippen LogP contribution in [0, 0.1) is 0 Å². The maximum atomic E-state index is 11.6. The molecule has 0 aromatic rings. The highest BCUT2D eigenvalue weighted by molar-refractivity contribution is 7.99. The second kappa shape index (κ2) is 6.62. The Balaban J connectivity index is 2.15. The quantitative estimate of drug-likeness (QED) is 0.710. The van der Waals surface area contributed by atoms with Gasteiger partial charge in [-0.05, 0) is 18.6 Å². The van der Waals surface area contributed by atoms with Crippen molar-refractivity contribution < 1.29 is 14.7 Å². The number of carbonyl (C=O) groups excluding carboxylic acids is 1. The SMILES string of the molecule is CN(C(=O)NCCCC(=O)O)C1CCSC1. The van der Waals surface area contributed by atoms with Crippen molar-refractivity contribution in [1.82, 2.24) is 10.2 Å². The molecule has 1 atom stereocenters. The summed E-state index contributed by atoms with van der Waals surface area (Å²) in [5.41, 5.74) is 0. The number of carbonyl (C=O) groups is 2. The molecule has 1 unspecified atom stereocenters. The van der Waals surface area contributed by atoms with Gasteiger partial charge in [0.1, 0.15) is 0 Å². The molecule has 0 aliphatic carbocycles. The van der Waals surface area contributed by atoms with Crippen molar-refractivity contribution in [3.8, 4) is 0 Å². The third-order valence-corrected chi connectivity index (χ3v) is 3.76. The highest BCUT2D eigenvalue weighted by atomic mass is 32.2. The van der Waals surface area contributed by atoms with Crippen molar-refractivity contribution in [2.75, 3.05) is 25.1 Å². The Bertz CT molecular complexity index is 254. The summed E-state index contributed by atoms with van der Waals surface area (Å²) in [5.74, 6) is 1.29. The molecule has 0 radical (unpaired) electrons. The lowest BCUT2D eigenvalue weighted by atomic mass is 10.2. The molecular weight excluding hydrogens is 228 g/mol. The predicted octanol–water partition coefficient (Wildman–Crippen LogP) is 0.998. The lowest BCUT2D eigenvalue weighted by Crippen LogP contribution is -2.44. The third kappa shape index (κ3) is 4.30. The molecule has 0 saturated carbocycles. The van der Waals surface area contributed by atoms with Crippen LogP contribution in [-0.2, 0) is 4.79 Å². The van der Waals surface area contributed by atoms with E-state index in [4.69, 9.17) is 5.11 Å². The van der Waals surface area contributed by atoms with Gasteiger partial charge in [0.25, 0.3) is 0 Å². The van der Waals surface area contributed by atoms with Gasteiger partial charge >= 0.3 is 12.0 Å². The van der Waals surface area contributed by atoms with E-state index in [-0.39, 0.29) is 12.5 Å². The van der Waals surface area contributed by atoms with Crippen LogP contribution in [0.2, 0.25) is 0 Å². The summed E-state index contributed by atoms with van der Waals surface area (Å²) in [4.78, 5) is 23.6. The summed E-state index contributed by atoms with van der Waals surface area (Å²) < 4.78 is 0. The number of rotatable bonds is 5. The topological polar surface area (TPSA) is 69.6 Å². The van der Waals surface area contributed by atoms with Gasteiger partial charge in [0.15, 0.2) is 0 Å². The number of aliphatic carboxylic acids is 1. The van der Waals surface area contributed by atoms with Crippen LogP contribution in [0.25, 0.3) is 0 Å². The predicted molar refractivity (Wildman–Crippen MR) is 63.8 cm³/mol. The minimum atomic E-state index is -0.824. The summed E-state index contributed by atoms with van der Waals surface area (Å²) >= 11 is 1.86. The van der Waals surface area contributed by atoms with E-state index in [1.165, 1.54) is 0 Å². The summed E-state index contributed by atoms with van der Waals surface area (Å²) in [5, 5.41) is 11.2. The van der Waals surface area contributed by atoms with Gasteiger partial charge in [0.2, 0.25) is 0 Å². The zero-order valence-electron chi connectivity index (χ0n) is 9.44. The van der Waals surface area contributed by atoms with Crippen LogP contribution in [0.1, 0.15) is 19.3 Å². The first-order valence-corrected chi connectivity index (χ1v) is 6.57. The number of hydrogen-bond donors (Lipinski definition) is 2. The molecule has 1 fully saturated rings. The fraction of sp³-hybridized carbons (Fsp3) is 0.800. The molecule has 0 bridgehead atoms. The number of urea groups is 1. The average Bonchev–Trinajstić information content (AvgIpc) is 2.76. The number of nitrogens with one attached hydrogen (secondary N) is 1. The highest BCUT2D eigenvalue weighted by Crippen LogP contribution is 2.21. The molecule has 0 aromatic carbocycles. The van der Waals surface area contributed by atoms with Crippen LogP contribution in [0.5, 0.6) is 0 Å². The fourth-order valence-corrected chi connectivity index (χ4v) is 2.82. The van der Waals surface area contributed by atoms with Crippen LogP contribution < -0.4 is 5.32 Å². The molecule has 2 N–H and O–H groups in total. The van der Waals surface area contributed by atoms with E-state index in [2.05, 4.69) is 5.32 Å². The zero-order chi connectivity index (χ0) is 12.0. The van der Waals surface area contributed by atoms with Gasteiger partial charge in [-0.3, -0.25) is 4.79 Å². The van der Waals surface area contributed by atoms with Gasteiger partial charge in [0, 0.05) is 31.8 Å². The first-order chi connectivity index (χ1) is 7.61. The Hall–Kier alpha value is -0.910. The maximum Gasteiger partial charge on any atom is 0.317 e. The molecule has 6 heteroatoms. The molecular formula is C10H18N2O3S. The molecule has 1 saturated heterocycles. The van der Waals surface area contributed by atoms with Gasteiger partial charge in [-0.1, -0.05) is 0 Å². The van der Waals surface area contributed by atoms with Crippen molar-refractivity contribution in [3.05, 3.63) is 0 Å². The van der Waals surface area contributed by atoms with Gasteiger partial charge in [-0.2, -0.15) is 11.8 Å². The van der Waals surface area contributed by atoms with E-state index < -0.39 is 5.97 Å². The molecule has 1 rings (SSSR count). The molecule has 1 aliphatic heterocycles. The number of carboxylic acid groups (broad SMARTS) is 1. The third-order valence-electron chi connectivity index (χ3n) is 2.62. The van der Waals surface area contributed by atoms with Crippen molar-refractivity contribution in [2.45, 2.75) is 25.3 Å². The summed E-state index contributed by atoms with van der Waals surface area (Å²) in [7, 11) is 1.79. The van der Waals surface area contributed by atoms with Gasteiger partial charge < -0.3 is 15.3 Å². The Morgan fingerprint density at radius 3 is 2.88 bits per heavy atom. The highest BCUT2D eigenvalue weighted by Gasteiger charge is 2.23. The van der Waals surface area contributed by atoms with Gasteiger partial charge in [0.05, 0.1) is 0 Å². The Morgan fingerprint density at radius 2 is 2.31 bits per heavy atom. The van der Waals surface area contributed by atoms with Crippen LogP contribution >= 0.6 is 11.8 Å². The zero-order valence-corrected chi connectivity index (χ0v) is 10.3. The first-order valence-electron chi connectivity index (χ1n) is 5.41. The lowest BCUT2D eigenvalue weighted by Gasteiger charge is -2.23. The largest absolute Gasteiger partial charge is 0.481 e. The lowest BCUT2D eigenvalue weighted by molar-refractivity contribution is -0.137. The molecule has 92 valence electrons. The number of thioether (sulfide) groups is 1. The standard InChI is InChI=1S/C10H18N2O3S/c1-12(8-4-6-16-7-8)10(15)11-5-2-3-9(13)14/h8H,2-7H2,1H3,(H,11,15)(H,13,14). The first kappa shape index (κ1) is 13.2. The fourth-order valence-electron chi connectivity index (χ4n) is 1.55. The minimum Gasteiger partial charge on any atom is -0.481 e. The summed E-state index contributed by atoms with van der Waals surface area (Å²) in [6.07, 6.45) is 1.63. The number of carboxylic acids is 1. The Kier molecular flexibility index (Phi) is 5.45. The van der Waals surface area contributed by atoms with Crippen LogP contribution in [0.15, 0.2) is 0 Å². The van der Waals surface area contributed by atoms with Crippen LogP contribution in [0.3, 0.4) is 0 Å². The van der Waals surface area contributed by atoms with E-state index >= 15 is 0 Å². The Morgan fingerprint density at radius 1 is 1.56 bits per heavy atom. The van der Waals surface area contributed by atoms with Gasteiger partial charge in [-0.15, -0.1) is 0 Å². The second-order valence-corrected chi connectivity index (χ2v) is 5.01. The number of nitrogens with zero attached hydrogens (tertiary/aromatic N) is 1. The van der Waals surface area contributed by atoms with E-state index in [0.29, 0.717) is 19.0 Å². The Labute approximate surface area is 99.6 Å². The van der Waals surface area contributed by atoms with E-state index in [0.717, 1.165) is 17.9 Å². The monoisotopic (exact) mass is 246 g/mol. The summed E-state index contributed by atoms with van der Waals surface area (Å²) in [6, 6.07) is 0.224. The van der Waals surface area contributed by atoms with Gasteiger partial charge in [-0.25, -0.2) is 4.79 Å². The molecule has 1 aliphatic rings. The molecule has 1 heterocycles. The molecule has 0 spiro atoms. The van der Waals surface area contributed by atoms with Crippen molar-refractivity contribution in [3.63, 3.8) is 0 Å². The maximum absolute atomic E-state index is 11.6. The van der Waals surface area contributed by atoms with E-state index in [1.807, 2.05) is 11.8 Å². The van der Waals surface area contributed by atoms with Crippen molar-refractivity contribution >= 4 is 23.8 Å². The normalized spacial score (nSPS) is 19.4. The second-order valence-electron chi connectivity index (χ2n) is 3.86. The van der Waals surface area contributed by atoms with Crippen molar-refractivity contribution in [2.24, 2.45) is 0 Å². The van der Waals surface area contributed by atoms with Crippen LogP contribution in [0.4, 0.5) is 4.79 Å². The number of amides is 2. The molecule has 5 nitrogen and oxygen atoms in total. The molecule has 16 heavy (non-hydrogen) atoms. The summed E-state index contributed by atoms with van der Waals surface area (Å²) in [6.45, 7) is 0.426. The minimum absolute atomic E-state index is 0.0992. The van der Waals surface area contributed by atoms with Crippen molar-refractivity contribution in [1.29, 1.82) is 0 Å². The van der Waals surface area contributed by atoms with E-state index in [1.54, 1.807) is 11.9 Å². The smallest absolute Gasteiger partial charge is 0.317 e. The molecule has 2 amide bonds. The number of hydrogen-bond acceptors (Lipinski definition) is 3. The van der Waals surface area contributed by atoms with E-state index in [9.17, 15) is 9.59 Å². The van der Waals surface area contributed by atoms with Crippen LogP contribution in [-0.4, -0.2) is 53.1 Å². The molecule has 0 aromatic heterocycles. The average molecular weight is 246 g/mol.